The van der Waals surface area contributed by atoms with Gasteiger partial charge in [0.05, 0.1) is 29.2 Å². The van der Waals surface area contributed by atoms with Crippen molar-refractivity contribution >= 4 is 62.2 Å². The number of nitrogens with zero attached hydrogens (tertiary/aromatic N) is 1. The van der Waals surface area contributed by atoms with Crippen LogP contribution >= 0.6 is 46.1 Å². The lowest BCUT2D eigenvalue weighted by atomic mass is 9.83. The topological polar surface area (TPSA) is 104 Å². The Labute approximate surface area is 255 Å². The van der Waals surface area contributed by atoms with E-state index in [1.807, 2.05) is 32.0 Å². The zero-order valence-corrected chi connectivity index (χ0v) is 25.0. The van der Waals surface area contributed by atoms with Crippen molar-refractivity contribution in [3.63, 3.8) is 0 Å². The van der Waals surface area contributed by atoms with E-state index >= 15 is 0 Å². The Morgan fingerprint density at radius 2 is 1.88 bits per heavy atom. The highest BCUT2D eigenvalue weighted by Crippen LogP contribution is 2.46. The summed E-state index contributed by atoms with van der Waals surface area (Å²) in [5.74, 6) is 0.477. The number of allylic oxidation sites excluding steroid dienone is 1. The minimum atomic E-state index is -0.666. The fraction of sp³-hybridized carbons (Fsp3) is 0.200. The minimum Gasteiger partial charge on any atom is -0.490 e. The molecule has 0 radical (unpaired) electrons. The molecule has 3 aromatic carbocycles. The van der Waals surface area contributed by atoms with Gasteiger partial charge >= 0.3 is 5.97 Å². The Morgan fingerprint density at radius 1 is 1.07 bits per heavy atom. The SMILES string of the molecule is CCCOc1ccc(C2C(C#N)=C(N)Oc3cc(OC(=O)c4sc5cc(Cl)cc(Cl)c5c4Cl)ccc32)cc1OCC. The number of hydrogen-bond donors (Lipinski definition) is 1. The zero-order chi connectivity index (χ0) is 29.3. The molecule has 4 aromatic rings. The standard InChI is InChI=1S/C30H23Cl3N2O5S/c1-3-9-38-21-8-5-15(10-23(21)37-4-2)25-18-7-6-17(13-22(18)40-29(35)19(25)14-34)39-30(36)28-27(33)26-20(32)11-16(31)12-24(26)41-28/h5-8,10-13,25H,3-4,9,35H2,1-2H3. The monoisotopic (exact) mass is 628 g/mol. The van der Waals surface area contributed by atoms with Crippen LogP contribution in [0.5, 0.6) is 23.0 Å². The third-order valence-corrected chi connectivity index (χ3v) is 8.42. The van der Waals surface area contributed by atoms with Gasteiger partial charge in [-0.15, -0.1) is 11.3 Å². The van der Waals surface area contributed by atoms with E-state index in [0.717, 1.165) is 23.3 Å². The van der Waals surface area contributed by atoms with Gasteiger partial charge < -0.3 is 24.7 Å². The summed E-state index contributed by atoms with van der Waals surface area (Å²) in [4.78, 5) is 13.3. The second-order valence-electron chi connectivity index (χ2n) is 9.01. The van der Waals surface area contributed by atoms with Crippen LogP contribution in [-0.4, -0.2) is 19.2 Å². The fourth-order valence-corrected chi connectivity index (χ4v) is 6.79. The van der Waals surface area contributed by atoms with Gasteiger partial charge in [0.2, 0.25) is 5.88 Å². The maximum Gasteiger partial charge on any atom is 0.355 e. The van der Waals surface area contributed by atoms with E-state index in [-0.39, 0.29) is 27.1 Å². The van der Waals surface area contributed by atoms with Crippen molar-refractivity contribution in [2.45, 2.75) is 26.2 Å². The number of nitriles is 1. The molecule has 11 heteroatoms. The van der Waals surface area contributed by atoms with Crippen molar-refractivity contribution in [3.8, 4) is 29.1 Å². The largest absolute Gasteiger partial charge is 0.490 e. The molecule has 2 heterocycles. The van der Waals surface area contributed by atoms with Crippen molar-refractivity contribution in [1.82, 2.24) is 0 Å². The number of carbonyl (C=O) groups is 1. The van der Waals surface area contributed by atoms with Crippen LogP contribution in [0.15, 0.2) is 60.0 Å². The molecule has 1 unspecified atom stereocenters. The van der Waals surface area contributed by atoms with Crippen molar-refractivity contribution in [2.24, 2.45) is 5.73 Å². The molecule has 0 bridgehead atoms. The van der Waals surface area contributed by atoms with Crippen molar-refractivity contribution in [3.05, 3.63) is 91.1 Å². The summed E-state index contributed by atoms with van der Waals surface area (Å²) in [7, 11) is 0. The van der Waals surface area contributed by atoms with E-state index in [2.05, 4.69) is 6.07 Å². The first kappa shape index (κ1) is 28.9. The Morgan fingerprint density at radius 3 is 2.61 bits per heavy atom. The molecule has 2 N–H and O–H groups in total. The molecule has 0 saturated heterocycles. The van der Waals surface area contributed by atoms with Gasteiger partial charge in [0.15, 0.2) is 11.5 Å². The van der Waals surface area contributed by atoms with E-state index in [4.69, 9.17) is 59.5 Å². The lowest BCUT2D eigenvalue weighted by molar-refractivity contribution is 0.0740. The van der Waals surface area contributed by atoms with Crippen LogP contribution in [0.4, 0.5) is 0 Å². The summed E-state index contributed by atoms with van der Waals surface area (Å²) in [5, 5.41) is 11.5. The van der Waals surface area contributed by atoms with Crippen LogP contribution in [0.1, 0.15) is 47.0 Å². The maximum absolute atomic E-state index is 13.1. The summed E-state index contributed by atoms with van der Waals surface area (Å²) < 4.78 is 23.8. The molecule has 7 nitrogen and oxygen atoms in total. The molecule has 1 aliphatic heterocycles. The lowest BCUT2D eigenvalue weighted by Gasteiger charge is -2.27. The van der Waals surface area contributed by atoms with Gasteiger partial charge in [0, 0.05) is 26.7 Å². The minimum absolute atomic E-state index is 0.0446. The molecule has 0 amide bonds. The van der Waals surface area contributed by atoms with Crippen LogP contribution in [0, 0.1) is 11.3 Å². The third-order valence-electron chi connectivity index (χ3n) is 6.30. The first-order valence-corrected chi connectivity index (χ1v) is 14.6. The molecule has 210 valence electrons. The number of rotatable bonds is 8. The zero-order valence-electron chi connectivity index (χ0n) is 21.9. The van der Waals surface area contributed by atoms with Gasteiger partial charge in [0.1, 0.15) is 28.0 Å². The molecule has 0 saturated carbocycles. The number of nitrogens with two attached hydrogens (primary N) is 1. The number of ether oxygens (including phenoxy) is 4. The highest BCUT2D eigenvalue weighted by atomic mass is 35.5. The van der Waals surface area contributed by atoms with Crippen molar-refractivity contribution < 1.29 is 23.7 Å². The highest BCUT2D eigenvalue weighted by Gasteiger charge is 2.32. The number of benzene rings is 3. The predicted molar refractivity (Wildman–Crippen MR) is 161 cm³/mol. The number of thiophene rings is 1. The molecule has 1 aromatic heterocycles. The summed E-state index contributed by atoms with van der Waals surface area (Å²) in [5.41, 5.74) is 7.87. The van der Waals surface area contributed by atoms with E-state index in [1.165, 1.54) is 0 Å². The van der Waals surface area contributed by atoms with E-state index in [9.17, 15) is 10.1 Å². The summed E-state index contributed by atoms with van der Waals surface area (Å²) in [6.45, 7) is 4.90. The summed E-state index contributed by atoms with van der Waals surface area (Å²) in [6, 6.07) is 15.9. The van der Waals surface area contributed by atoms with Gasteiger partial charge in [-0.05, 0) is 49.2 Å². The maximum atomic E-state index is 13.1. The molecule has 1 aliphatic rings. The van der Waals surface area contributed by atoms with E-state index in [0.29, 0.717) is 56.2 Å². The molecule has 1 atom stereocenters. The second-order valence-corrected chi connectivity index (χ2v) is 11.3. The van der Waals surface area contributed by atoms with Gasteiger partial charge in [0.25, 0.3) is 0 Å². The average molecular weight is 630 g/mol. The predicted octanol–water partition coefficient (Wildman–Crippen LogP) is 8.49. The first-order chi connectivity index (χ1) is 19.7. The number of fused-ring (bicyclic) bond motifs is 2. The molecule has 0 spiro atoms. The van der Waals surface area contributed by atoms with Crippen LogP contribution in [0.2, 0.25) is 15.1 Å². The number of halogens is 3. The third kappa shape index (κ3) is 5.64. The number of carbonyl (C=O) groups excluding carboxylic acids is 1. The molecular formula is C30H23Cl3N2O5S. The smallest absolute Gasteiger partial charge is 0.355 e. The van der Waals surface area contributed by atoms with Gasteiger partial charge in [-0.25, -0.2) is 4.79 Å². The van der Waals surface area contributed by atoms with Gasteiger partial charge in [-0.1, -0.05) is 53.9 Å². The quantitative estimate of drug-likeness (QED) is 0.154. The fourth-order valence-electron chi connectivity index (χ4n) is 4.54. The first-order valence-electron chi connectivity index (χ1n) is 12.7. The van der Waals surface area contributed by atoms with Crippen LogP contribution < -0.4 is 24.7 Å². The molecular weight excluding hydrogens is 607 g/mol. The van der Waals surface area contributed by atoms with E-state index in [1.54, 1.807) is 30.3 Å². The Bertz CT molecular complexity index is 1740. The summed E-state index contributed by atoms with van der Waals surface area (Å²) in [6.07, 6.45) is 0.850. The van der Waals surface area contributed by atoms with Crippen LogP contribution in [0.3, 0.4) is 0 Å². The highest BCUT2D eigenvalue weighted by molar-refractivity contribution is 7.21. The molecule has 0 fully saturated rings. The van der Waals surface area contributed by atoms with Gasteiger partial charge in [-0.2, -0.15) is 5.26 Å². The molecule has 5 rings (SSSR count). The van der Waals surface area contributed by atoms with Crippen LogP contribution in [0.25, 0.3) is 10.1 Å². The summed E-state index contributed by atoms with van der Waals surface area (Å²) >= 11 is 20.0. The Balaban J connectivity index is 1.49. The van der Waals surface area contributed by atoms with Crippen LogP contribution in [-0.2, 0) is 0 Å². The number of esters is 1. The number of hydrogen-bond acceptors (Lipinski definition) is 8. The normalized spacial score (nSPS) is 14.3. The Hall–Kier alpha value is -3.61. The average Bonchev–Trinajstić information content (AvgIpc) is 3.27. The lowest BCUT2D eigenvalue weighted by Crippen LogP contribution is -2.21. The van der Waals surface area contributed by atoms with E-state index < -0.39 is 11.9 Å². The molecule has 41 heavy (non-hydrogen) atoms. The Kier molecular flexibility index (Phi) is 8.52. The molecule has 0 aliphatic carbocycles. The van der Waals surface area contributed by atoms with Gasteiger partial charge in [-0.3, -0.25) is 0 Å². The van der Waals surface area contributed by atoms with Crippen molar-refractivity contribution in [2.75, 3.05) is 13.2 Å². The van der Waals surface area contributed by atoms with Crippen molar-refractivity contribution in [1.29, 1.82) is 5.26 Å². The second kappa shape index (κ2) is 12.1.